The van der Waals surface area contributed by atoms with Crippen LogP contribution in [-0.2, 0) is 6.18 Å². The van der Waals surface area contributed by atoms with E-state index in [1.54, 1.807) is 6.07 Å². The van der Waals surface area contributed by atoms with Crippen molar-refractivity contribution in [3.05, 3.63) is 42.0 Å². The predicted molar refractivity (Wildman–Crippen MR) is 51.1 cm³/mol. The van der Waals surface area contributed by atoms with E-state index >= 15 is 0 Å². The molecule has 0 atom stereocenters. The number of halogens is 3. The van der Waals surface area contributed by atoms with Gasteiger partial charge in [0.2, 0.25) is 0 Å². The Balaban J connectivity index is 2.41. The molecule has 0 saturated carbocycles. The molecule has 2 rings (SSSR count). The molecule has 0 aliphatic heterocycles. The van der Waals surface area contributed by atoms with Gasteiger partial charge in [-0.3, -0.25) is 0 Å². The van der Waals surface area contributed by atoms with E-state index in [1.165, 1.54) is 24.5 Å². The SMILES string of the molecule is N#Cc1cc(-n2ccc(C(F)(F)F)n2)ccn1. The van der Waals surface area contributed by atoms with E-state index in [2.05, 4.69) is 10.1 Å². The highest BCUT2D eigenvalue weighted by Crippen LogP contribution is 2.27. The van der Waals surface area contributed by atoms with Gasteiger partial charge in [0.05, 0.1) is 5.69 Å². The molecule has 4 nitrogen and oxygen atoms in total. The molecule has 0 bridgehead atoms. The summed E-state index contributed by atoms with van der Waals surface area (Å²) >= 11 is 0. The van der Waals surface area contributed by atoms with Gasteiger partial charge in [0.15, 0.2) is 5.69 Å². The third-order valence-electron chi connectivity index (χ3n) is 2.00. The number of aromatic nitrogens is 3. The fourth-order valence-corrected chi connectivity index (χ4v) is 1.24. The summed E-state index contributed by atoms with van der Waals surface area (Å²) in [6, 6.07) is 5.49. The first kappa shape index (κ1) is 11.1. The predicted octanol–water partition coefficient (Wildman–Crippen LogP) is 2.16. The van der Waals surface area contributed by atoms with Crippen LogP contribution in [0.5, 0.6) is 0 Å². The highest BCUT2D eigenvalue weighted by molar-refractivity contribution is 5.36. The maximum atomic E-state index is 12.3. The molecule has 17 heavy (non-hydrogen) atoms. The average molecular weight is 238 g/mol. The van der Waals surface area contributed by atoms with Crippen LogP contribution in [0.2, 0.25) is 0 Å². The molecule has 2 heterocycles. The molecule has 0 saturated heterocycles. The van der Waals surface area contributed by atoms with Gasteiger partial charge in [-0.2, -0.15) is 23.5 Å². The minimum atomic E-state index is -4.48. The number of nitriles is 1. The van der Waals surface area contributed by atoms with E-state index in [1.807, 2.05) is 0 Å². The van der Waals surface area contributed by atoms with Crippen molar-refractivity contribution in [3.63, 3.8) is 0 Å². The smallest absolute Gasteiger partial charge is 0.245 e. The maximum Gasteiger partial charge on any atom is 0.435 e. The zero-order valence-electron chi connectivity index (χ0n) is 8.31. The van der Waals surface area contributed by atoms with Crippen LogP contribution in [0.25, 0.3) is 5.69 Å². The summed E-state index contributed by atoms with van der Waals surface area (Å²) in [6.07, 6.45) is -1.96. The van der Waals surface area contributed by atoms with Gasteiger partial charge in [-0.05, 0) is 12.1 Å². The van der Waals surface area contributed by atoms with Crippen LogP contribution in [0, 0.1) is 11.3 Å². The number of hydrogen-bond acceptors (Lipinski definition) is 3. The molecule has 7 heteroatoms. The normalized spacial score (nSPS) is 11.2. The van der Waals surface area contributed by atoms with E-state index in [-0.39, 0.29) is 5.69 Å². The maximum absolute atomic E-state index is 12.3. The average Bonchev–Trinajstić information content (AvgIpc) is 2.78. The van der Waals surface area contributed by atoms with Gasteiger partial charge in [0.25, 0.3) is 0 Å². The van der Waals surface area contributed by atoms with Crippen LogP contribution in [0.15, 0.2) is 30.6 Å². The number of rotatable bonds is 1. The molecule has 2 aromatic rings. The van der Waals surface area contributed by atoms with Crippen LogP contribution in [-0.4, -0.2) is 14.8 Å². The molecule has 0 aromatic carbocycles. The van der Waals surface area contributed by atoms with Gasteiger partial charge in [-0.15, -0.1) is 0 Å². The van der Waals surface area contributed by atoms with E-state index < -0.39 is 11.9 Å². The van der Waals surface area contributed by atoms with Crippen LogP contribution in [0.4, 0.5) is 13.2 Å². The van der Waals surface area contributed by atoms with Gasteiger partial charge < -0.3 is 0 Å². The molecule has 0 N–H and O–H groups in total. The third kappa shape index (κ3) is 2.25. The summed E-state index contributed by atoms with van der Waals surface area (Å²) in [4.78, 5) is 3.71. The second kappa shape index (κ2) is 3.90. The Kier molecular flexibility index (Phi) is 2.55. The lowest BCUT2D eigenvalue weighted by Gasteiger charge is -2.02. The quantitative estimate of drug-likeness (QED) is 0.764. The van der Waals surface area contributed by atoms with Gasteiger partial charge in [-0.1, -0.05) is 0 Å². The Morgan fingerprint density at radius 2 is 2.06 bits per heavy atom. The fourth-order valence-electron chi connectivity index (χ4n) is 1.24. The van der Waals surface area contributed by atoms with Crippen molar-refractivity contribution in [2.24, 2.45) is 0 Å². The van der Waals surface area contributed by atoms with Gasteiger partial charge >= 0.3 is 6.18 Å². The summed E-state index contributed by atoms with van der Waals surface area (Å²) in [6.45, 7) is 0. The minimum absolute atomic E-state index is 0.117. The standard InChI is InChI=1S/C10H5F3N4/c11-10(12,13)9-2-4-17(16-9)8-1-3-15-7(5-8)6-14/h1-5H. The Bertz CT molecular complexity index is 580. The lowest BCUT2D eigenvalue weighted by Crippen LogP contribution is -2.07. The lowest BCUT2D eigenvalue weighted by molar-refractivity contribution is -0.141. The first-order valence-corrected chi connectivity index (χ1v) is 4.50. The molecule has 0 unspecified atom stereocenters. The van der Waals surface area contributed by atoms with Gasteiger partial charge in [0.1, 0.15) is 11.8 Å². The Morgan fingerprint density at radius 3 is 2.65 bits per heavy atom. The molecule has 0 radical (unpaired) electrons. The van der Waals surface area contributed by atoms with E-state index in [0.717, 1.165) is 10.7 Å². The zero-order chi connectivity index (χ0) is 12.5. The van der Waals surface area contributed by atoms with Crippen LogP contribution in [0.1, 0.15) is 11.4 Å². The van der Waals surface area contributed by atoms with Gasteiger partial charge in [0, 0.05) is 18.5 Å². The highest BCUT2D eigenvalue weighted by atomic mass is 19.4. The van der Waals surface area contributed by atoms with Crippen LogP contribution in [0.3, 0.4) is 0 Å². The molecule has 2 aromatic heterocycles. The van der Waals surface area contributed by atoms with Crippen molar-refractivity contribution in [1.82, 2.24) is 14.8 Å². The number of alkyl halides is 3. The molecule has 0 aliphatic carbocycles. The van der Waals surface area contributed by atoms with Crippen molar-refractivity contribution < 1.29 is 13.2 Å². The fraction of sp³-hybridized carbons (Fsp3) is 0.100. The summed E-state index contributed by atoms with van der Waals surface area (Å²) in [5.74, 6) is 0. The van der Waals surface area contributed by atoms with Crippen molar-refractivity contribution >= 4 is 0 Å². The summed E-state index contributed by atoms with van der Waals surface area (Å²) in [7, 11) is 0. The third-order valence-corrected chi connectivity index (χ3v) is 2.00. The summed E-state index contributed by atoms with van der Waals surface area (Å²) < 4.78 is 38.0. The largest absolute Gasteiger partial charge is 0.435 e. The van der Waals surface area contributed by atoms with E-state index in [4.69, 9.17) is 5.26 Å². The second-order valence-electron chi connectivity index (χ2n) is 3.15. The summed E-state index contributed by atoms with van der Waals surface area (Å²) in [5, 5.41) is 12.0. The van der Waals surface area contributed by atoms with Crippen LogP contribution >= 0.6 is 0 Å². The molecular formula is C10H5F3N4. The Hall–Kier alpha value is -2.36. The van der Waals surface area contributed by atoms with E-state index in [9.17, 15) is 13.2 Å². The monoisotopic (exact) mass is 238 g/mol. The first-order valence-electron chi connectivity index (χ1n) is 4.50. The molecule has 0 spiro atoms. The molecule has 0 fully saturated rings. The first-order chi connectivity index (χ1) is 8.00. The van der Waals surface area contributed by atoms with Crippen molar-refractivity contribution in [3.8, 4) is 11.8 Å². The zero-order valence-corrected chi connectivity index (χ0v) is 8.31. The summed E-state index contributed by atoms with van der Waals surface area (Å²) in [5.41, 5.74) is -0.508. The topological polar surface area (TPSA) is 54.5 Å². The Morgan fingerprint density at radius 1 is 1.29 bits per heavy atom. The minimum Gasteiger partial charge on any atom is -0.245 e. The number of pyridine rings is 1. The number of nitrogens with zero attached hydrogens (tertiary/aromatic N) is 4. The Labute approximate surface area is 93.9 Å². The molecule has 0 amide bonds. The highest BCUT2D eigenvalue weighted by Gasteiger charge is 2.33. The van der Waals surface area contributed by atoms with Crippen LogP contribution < -0.4 is 0 Å². The number of hydrogen-bond donors (Lipinski definition) is 0. The van der Waals surface area contributed by atoms with Crippen molar-refractivity contribution in [2.45, 2.75) is 6.18 Å². The van der Waals surface area contributed by atoms with Crippen molar-refractivity contribution in [1.29, 1.82) is 5.26 Å². The second-order valence-corrected chi connectivity index (χ2v) is 3.15. The van der Waals surface area contributed by atoms with E-state index in [0.29, 0.717) is 5.69 Å². The van der Waals surface area contributed by atoms with Crippen molar-refractivity contribution in [2.75, 3.05) is 0 Å². The molecular weight excluding hydrogens is 233 g/mol. The van der Waals surface area contributed by atoms with Gasteiger partial charge in [-0.25, -0.2) is 9.67 Å². The lowest BCUT2D eigenvalue weighted by atomic mass is 10.3. The molecule has 0 aliphatic rings. The molecule has 86 valence electrons.